The van der Waals surface area contributed by atoms with Crippen molar-refractivity contribution in [1.82, 2.24) is 20.0 Å². The van der Waals surface area contributed by atoms with Gasteiger partial charge < -0.3 is 20.1 Å². The number of hydrogen-bond acceptors (Lipinski definition) is 7. The Morgan fingerprint density at radius 1 is 1.27 bits per heavy atom. The maximum absolute atomic E-state index is 13.6. The number of nitrogens with one attached hydrogen (secondary N) is 1. The second-order valence-electron chi connectivity index (χ2n) is 10.0. The van der Waals surface area contributed by atoms with E-state index in [1.807, 2.05) is 0 Å². The smallest absolute Gasteiger partial charge is 0.417 e. The fourth-order valence-electron chi connectivity index (χ4n) is 5.05. The summed E-state index contributed by atoms with van der Waals surface area (Å²) >= 11 is 0. The molecule has 2 fully saturated rings. The van der Waals surface area contributed by atoms with Crippen LogP contribution in [0.2, 0.25) is 0 Å². The molecule has 220 valence electrons. The summed E-state index contributed by atoms with van der Waals surface area (Å²) in [5.74, 6) is 0. The molecule has 2 atom stereocenters. The quantitative estimate of drug-likeness (QED) is 0.518. The number of halogens is 3. The van der Waals surface area contributed by atoms with Crippen LogP contribution in [0.4, 0.5) is 18.0 Å². The number of sulfone groups is 1. The first-order valence-corrected chi connectivity index (χ1v) is 14.4. The van der Waals surface area contributed by atoms with E-state index in [-0.39, 0.29) is 18.1 Å². The number of benzene rings is 1. The van der Waals surface area contributed by atoms with Crippen molar-refractivity contribution in [3.8, 4) is 17.2 Å². The van der Waals surface area contributed by atoms with Gasteiger partial charge in [0.05, 0.1) is 34.1 Å². The van der Waals surface area contributed by atoms with Crippen LogP contribution in [-0.2, 0) is 27.8 Å². The Morgan fingerprint density at radius 2 is 1.95 bits per heavy atom. The number of likely N-dealkylation sites (tertiary alicyclic amines) is 1. The maximum Gasteiger partial charge on any atom is 0.417 e. The van der Waals surface area contributed by atoms with Crippen LogP contribution in [0.5, 0.6) is 0 Å². The first-order valence-electron chi connectivity index (χ1n) is 12.9. The number of nitriles is 1. The van der Waals surface area contributed by atoms with Crippen LogP contribution in [0.3, 0.4) is 0 Å². The highest BCUT2D eigenvalue weighted by Gasteiger charge is 2.42. The molecule has 0 radical (unpaired) electrons. The summed E-state index contributed by atoms with van der Waals surface area (Å²) in [6, 6.07) is 5.40. The minimum absolute atomic E-state index is 0.209. The third kappa shape index (κ3) is 7.32. The second-order valence-corrected chi connectivity index (χ2v) is 12.2. The van der Waals surface area contributed by atoms with Crippen LogP contribution in [0.15, 0.2) is 35.5 Å². The summed E-state index contributed by atoms with van der Waals surface area (Å²) in [5, 5.41) is 23.0. The molecule has 0 unspecified atom stereocenters. The molecule has 14 heteroatoms. The zero-order valence-corrected chi connectivity index (χ0v) is 23.4. The van der Waals surface area contributed by atoms with Gasteiger partial charge in [-0.3, -0.25) is 4.68 Å². The number of carbonyl (C=O) groups is 1. The molecule has 2 aromatic rings. The van der Waals surface area contributed by atoms with Gasteiger partial charge in [-0.2, -0.15) is 23.5 Å². The van der Waals surface area contributed by atoms with Crippen molar-refractivity contribution < 1.29 is 36.2 Å². The Hall–Kier alpha value is -3.15. The molecule has 1 saturated carbocycles. The number of ether oxygens (including phenoxy) is 1. The highest BCUT2D eigenvalue weighted by molar-refractivity contribution is 7.92. The average molecular weight is 586 g/mol. The van der Waals surface area contributed by atoms with Crippen molar-refractivity contribution >= 4 is 15.9 Å². The minimum atomic E-state index is -4.78. The van der Waals surface area contributed by atoms with Gasteiger partial charge in [0.1, 0.15) is 5.54 Å². The van der Waals surface area contributed by atoms with Gasteiger partial charge in [0, 0.05) is 39.0 Å². The molecule has 0 bridgehead atoms. The molecule has 1 aliphatic heterocycles. The Morgan fingerprint density at radius 3 is 2.42 bits per heavy atom. The van der Waals surface area contributed by atoms with E-state index in [0.29, 0.717) is 31.2 Å². The Labute approximate surface area is 231 Å². The lowest BCUT2D eigenvalue weighted by Crippen LogP contribution is -2.54. The van der Waals surface area contributed by atoms with Gasteiger partial charge in [-0.25, -0.2) is 13.2 Å². The molecule has 1 aromatic heterocycles. The molecule has 40 heavy (non-hydrogen) atoms. The summed E-state index contributed by atoms with van der Waals surface area (Å²) < 4.78 is 73.1. The van der Waals surface area contributed by atoms with E-state index in [0.717, 1.165) is 31.8 Å². The Kier molecular flexibility index (Phi) is 9.86. The zero-order chi connectivity index (χ0) is 29.7. The lowest BCUT2D eigenvalue weighted by molar-refractivity contribution is -0.139. The molecular formula is C26H34F3N5O5S. The van der Waals surface area contributed by atoms with Crippen molar-refractivity contribution in [1.29, 1.82) is 5.26 Å². The Balaban J connectivity index is 0.000000267. The number of nitrogens with zero attached hydrogens (tertiary/aromatic N) is 4. The summed E-state index contributed by atoms with van der Waals surface area (Å²) in [4.78, 5) is 12.0. The number of aryl methyl sites for hydroxylation is 1. The number of aromatic nitrogens is 2. The van der Waals surface area contributed by atoms with Crippen molar-refractivity contribution in [2.45, 2.75) is 67.0 Å². The Bertz CT molecular complexity index is 1330. The van der Waals surface area contributed by atoms with Gasteiger partial charge in [-0.1, -0.05) is 13.0 Å². The number of hydrogen-bond donors (Lipinski definition) is 2. The molecule has 1 amide bonds. The van der Waals surface area contributed by atoms with E-state index < -0.39 is 43.4 Å². The summed E-state index contributed by atoms with van der Waals surface area (Å²) in [6.07, 6.45) is -0.950. The van der Waals surface area contributed by atoms with Crippen LogP contribution in [0.1, 0.15) is 44.6 Å². The number of methoxy groups -OCH3 is 1. The van der Waals surface area contributed by atoms with Gasteiger partial charge in [0.15, 0.2) is 9.84 Å². The SMILES string of the molecule is CCN1CCC(C#N)(NC(=O)O)CC1.CO[C@H]1CC[C@H](S(=O)(=O)c2ccc(-c3cnn(C)c3)cc2C(F)(F)F)C1. The lowest BCUT2D eigenvalue weighted by atomic mass is 9.89. The van der Waals surface area contributed by atoms with Gasteiger partial charge in [0.25, 0.3) is 0 Å². The molecule has 10 nitrogen and oxygen atoms in total. The van der Waals surface area contributed by atoms with Crippen molar-refractivity contribution in [3.05, 3.63) is 36.2 Å². The topological polar surface area (TPSA) is 138 Å². The van der Waals surface area contributed by atoms with Gasteiger partial charge in [-0.15, -0.1) is 0 Å². The third-order valence-electron chi connectivity index (χ3n) is 7.46. The molecule has 1 saturated heterocycles. The molecule has 2 N–H and O–H groups in total. The number of rotatable bonds is 6. The van der Waals surface area contributed by atoms with Crippen LogP contribution in [-0.4, -0.2) is 77.9 Å². The zero-order valence-electron chi connectivity index (χ0n) is 22.6. The fourth-order valence-corrected chi connectivity index (χ4v) is 7.06. The predicted molar refractivity (Wildman–Crippen MR) is 140 cm³/mol. The highest BCUT2D eigenvalue weighted by atomic mass is 32.2. The summed E-state index contributed by atoms with van der Waals surface area (Å²) in [7, 11) is -0.982. The van der Waals surface area contributed by atoms with Gasteiger partial charge in [0.2, 0.25) is 0 Å². The lowest BCUT2D eigenvalue weighted by Gasteiger charge is -2.36. The average Bonchev–Trinajstić information content (AvgIpc) is 3.58. The van der Waals surface area contributed by atoms with Gasteiger partial charge in [-0.05, 0) is 56.3 Å². The fraction of sp³-hybridized carbons (Fsp3) is 0.577. The molecule has 1 aliphatic carbocycles. The highest BCUT2D eigenvalue weighted by Crippen LogP contribution is 2.40. The molecular weight excluding hydrogens is 551 g/mol. The number of carboxylic acid groups (broad SMARTS) is 1. The normalized spacial score (nSPS) is 21.2. The third-order valence-corrected chi connectivity index (χ3v) is 9.73. The van der Waals surface area contributed by atoms with E-state index in [1.165, 1.54) is 24.1 Å². The number of alkyl halides is 3. The van der Waals surface area contributed by atoms with Crippen LogP contribution in [0, 0.1) is 11.3 Å². The molecule has 1 aromatic carbocycles. The maximum atomic E-state index is 13.6. The first-order chi connectivity index (χ1) is 18.7. The second kappa shape index (κ2) is 12.6. The molecule has 2 heterocycles. The monoisotopic (exact) mass is 585 g/mol. The standard InChI is InChI=1S/C17H19F3N2O3S.C9H15N3O2/c1-22-10-12(9-21-22)11-3-6-16(15(7-11)17(18,19)20)26(23,24)14-5-4-13(8-14)25-2;1-2-12-5-3-9(7-10,4-6-12)11-8(13)14/h3,6-7,9-10,13-14H,4-5,8H2,1-2H3;11H,2-6H2,1H3,(H,13,14)/t13-,14-;/m0./s1. The van der Waals surface area contributed by atoms with Crippen molar-refractivity contribution in [2.75, 3.05) is 26.7 Å². The van der Waals surface area contributed by atoms with Crippen LogP contribution < -0.4 is 5.32 Å². The largest absolute Gasteiger partial charge is 0.465 e. The van der Waals surface area contributed by atoms with Crippen molar-refractivity contribution in [3.63, 3.8) is 0 Å². The number of piperidine rings is 1. The van der Waals surface area contributed by atoms with Crippen molar-refractivity contribution in [2.24, 2.45) is 7.05 Å². The molecule has 4 rings (SSSR count). The van der Waals surface area contributed by atoms with Crippen LogP contribution >= 0.6 is 0 Å². The first kappa shape index (κ1) is 31.4. The molecule has 0 spiro atoms. The summed E-state index contributed by atoms with van der Waals surface area (Å²) in [5.41, 5.74) is -1.25. The van der Waals surface area contributed by atoms with Gasteiger partial charge >= 0.3 is 12.3 Å². The van der Waals surface area contributed by atoms with E-state index in [2.05, 4.69) is 28.3 Å². The van der Waals surface area contributed by atoms with E-state index in [9.17, 15) is 26.4 Å². The minimum Gasteiger partial charge on any atom is -0.465 e. The van der Waals surface area contributed by atoms with Crippen LogP contribution in [0.25, 0.3) is 11.1 Å². The van der Waals surface area contributed by atoms with E-state index in [4.69, 9.17) is 15.1 Å². The number of amides is 1. The van der Waals surface area contributed by atoms with E-state index in [1.54, 1.807) is 13.2 Å². The van der Waals surface area contributed by atoms with E-state index >= 15 is 0 Å². The molecule has 2 aliphatic rings. The summed E-state index contributed by atoms with van der Waals surface area (Å²) in [6.45, 7) is 4.58. The predicted octanol–water partition coefficient (Wildman–Crippen LogP) is 4.08.